The van der Waals surface area contributed by atoms with Gasteiger partial charge in [0.25, 0.3) is 0 Å². The molecule has 128 valence electrons. The number of halogens is 2. The van der Waals surface area contributed by atoms with Crippen LogP contribution in [0.2, 0.25) is 0 Å². The van der Waals surface area contributed by atoms with Gasteiger partial charge < -0.3 is 15.1 Å². The summed E-state index contributed by atoms with van der Waals surface area (Å²) in [4.78, 5) is 13.4. The Morgan fingerprint density at radius 1 is 1.04 bits per heavy atom. The van der Waals surface area contributed by atoms with E-state index in [0.29, 0.717) is 17.3 Å². The molecule has 24 heavy (non-hydrogen) atoms. The summed E-state index contributed by atoms with van der Waals surface area (Å²) in [6.07, 6.45) is 0. The van der Waals surface area contributed by atoms with Crippen molar-refractivity contribution < 1.29 is 8.78 Å². The van der Waals surface area contributed by atoms with Crippen molar-refractivity contribution in [1.82, 2.24) is 14.9 Å². The molecule has 1 saturated heterocycles. The van der Waals surface area contributed by atoms with E-state index >= 15 is 0 Å². The van der Waals surface area contributed by atoms with E-state index in [4.69, 9.17) is 0 Å². The van der Waals surface area contributed by atoms with Crippen LogP contribution in [0.3, 0.4) is 0 Å². The quantitative estimate of drug-likeness (QED) is 0.932. The van der Waals surface area contributed by atoms with Gasteiger partial charge in [0, 0.05) is 44.0 Å². The van der Waals surface area contributed by atoms with Crippen LogP contribution < -0.4 is 10.2 Å². The van der Waals surface area contributed by atoms with Crippen LogP contribution in [0.4, 0.5) is 26.1 Å². The minimum absolute atomic E-state index is 0.453. The average molecular weight is 333 g/mol. The highest BCUT2D eigenvalue weighted by atomic mass is 19.2. The second kappa shape index (κ2) is 7.09. The number of anilines is 3. The van der Waals surface area contributed by atoms with Crippen molar-refractivity contribution >= 4 is 17.3 Å². The highest BCUT2D eigenvalue weighted by Gasteiger charge is 2.18. The lowest BCUT2D eigenvalue weighted by Gasteiger charge is -2.34. The van der Waals surface area contributed by atoms with Crippen LogP contribution in [-0.2, 0) is 0 Å². The number of nitrogens with zero attached hydrogens (tertiary/aromatic N) is 4. The normalized spacial score (nSPS) is 15.6. The van der Waals surface area contributed by atoms with E-state index in [2.05, 4.69) is 32.0 Å². The third-order valence-electron chi connectivity index (χ3n) is 4.16. The van der Waals surface area contributed by atoms with E-state index < -0.39 is 11.6 Å². The number of rotatable bonds is 4. The van der Waals surface area contributed by atoms with Crippen molar-refractivity contribution in [2.24, 2.45) is 0 Å². The second-order valence-electron chi connectivity index (χ2n) is 5.83. The molecule has 7 heteroatoms. The summed E-state index contributed by atoms with van der Waals surface area (Å²) in [6, 6.07) is 5.54. The molecule has 0 amide bonds. The Kier molecular flexibility index (Phi) is 4.89. The van der Waals surface area contributed by atoms with Gasteiger partial charge in [-0.1, -0.05) is 6.92 Å². The summed E-state index contributed by atoms with van der Waals surface area (Å²) in [5.41, 5.74) is 0.453. The largest absolute Gasteiger partial charge is 0.354 e. The van der Waals surface area contributed by atoms with Gasteiger partial charge >= 0.3 is 0 Å². The Bertz CT molecular complexity index is 714. The molecular formula is C17H21F2N5. The first-order chi connectivity index (χ1) is 11.5. The van der Waals surface area contributed by atoms with Crippen LogP contribution in [0.15, 0.2) is 24.3 Å². The molecule has 2 heterocycles. The molecule has 0 saturated carbocycles. The maximum atomic E-state index is 13.3. The van der Waals surface area contributed by atoms with Crippen molar-refractivity contribution in [3.8, 4) is 0 Å². The molecule has 0 spiro atoms. The van der Waals surface area contributed by atoms with Crippen molar-refractivity contribution in [3.63, 3.8) is 0 Å². The highest BCUT2D eigenvalue weighted by Crippen LogP contribution is 2.22. The van der Waals surface area contributed by atoms with E-state index in [9.17, 15) is 8.78 Å². The first-order valence-corrected chi connectivity index (χ1v) is 8.10. The lowest BCUT2D eigenvalue weighted by Crippen LogP contribution is -2.46. The molecule has 5 nitrogen and oxygen atoms in total. The van der Waals surface area contributed by atoms with E-state index in [-0.39, 0.29) is 0 Å². The maximum absolute atomic E-state index is 13.3. The third-order valence-corrected chi connectivity index (χ3v) is 4.16. The number of benzene rings is 1. The molecule has 0 unspecified atom stereocenters. The fourth-order valence-corrected chi connectivity index (χ4v) is 2.79. The van der Waals surface area contributed by atoms with E-state index in [1.54, 1.807) is 0 Å². The van der Waals surface area contributed by atoms with Crippen molar-refractivity contribution in [2.45, 2.75) is 13.8 Å². The number of likely N-dealkylation sites (N-methyl/N-ethyl adjacent to an activating group) is 1. The highest BCUT2D eigenvalue weighted by molar-refractivity contribution is 5.59. The number of hydrogen-bond donors (Lipinski definition) is 1. The Balaban J connectivity index is 1.77. The van der Waals surface area contributed by atoms with E-state index in [0.717, 1.165) is 50.7 Å². The van der Waals surface area contributed by atoms with Gasteiger partial charge in [-0.15, -0.1) is 0 Å². The fourth-order valence-electron chi connectivity index (χ4n) is 2.79. The first kappa shape index (κ1) is 16.6. The molecule has 1 aliphatic rings. The van der Waals surface area contributed by atoms with E-state index in [1.807, 2.05) is 13.0 Å². The standard InChI is InChI=1S/C17H21F2N5/c1-3-23-6-8-24(9-7-23)17-11-16(20-12(2)21-17)22-13-4-5-14(18)15(19)10-13/h4-5,10-11H,3,6-9H2,1-2H3,(H,20,21,22). The molecule has 0 atom stereocenters. The summed E-state index contributed by atoms with van der Waals surface area (Å²) in [5.74, 6) is 0.302. The Labute approximate surface area is 140 Å². The Morgan fingerprint density at radius 2 is 1.79 bits per heavy atom. The summed E-state index contributed by atoms with van der Waals surface area (Å²) in [6.45, 7) is 8.87. The molecule has 1 fully saturated rings. The first-order valence-electron chi connectivity index (χ1n) is 8.10. The molecule has 2 aromatic rings. The van der Waals surface area contributed by atoms with Crippen LogP contribution in [0, 0.1) is 18.6 Å². The molecular weight excluding hydrogens is 312 g/mol. The maximum Gasteiger partial charge on any atom is 0.160 e. The van der Waals surface area contributed by atoms with Crippen LogP contribution in [0.25, 0.3) is 0 Å². The van der Waals surface area contributed by atoms with Gasteiger partial charge in [0.1, 0.15) is 17.5 Å². The lowest BCUT2D eigenvalue weighted by molar-refractivity contribution is 0.270. The summed E-state index contributed by atoms with van der Waals surface area (Å²) in [7, 11) is 0. The molecule has 1 aromatic heterocycles. The number of nitrogens with one attached hydrogen (secondary N) is 1. The zero-order valence-corrected chi connectivity index (χ0v) is 13.9. The van der Waals surface area contributed by atoms with Crippen LogP contribution in [0.5, 0.6) is 0 Å². The topological polar surface area (TPSA) is 44.3 Å². The Hall–Kier alpha value is -2.28. The molecule has 0 radical (unpaired) electrons. The number of aromatic nitrogens is 2. The molecule has 0 bridgehead atoms. The zero-order valence-electron chi connectivity index (χ0n) is 13.9. The van der Waals surface area contributed by atoms with Crippen molar-refractivity contribution in [1.29, 1.82) is 0 Å². The predicted molar refractivity (Wildman–Crippen MR) is 90.7 cm³/mol. The number of hydrogen-bond acceptors (Lipinski definition) is 5. The van der Waals surface area contributed by atoms with Gasteiger partial charge in [-0.05, 0) is 25.6 Å². The lowest BCUT2D eigenvalue weighted by atomic mass is 10.3. The van der Waals surface area contributed by atoms with Gasteiger partial charge in [0.2, 0.25) is 0 Å². The minimum atomic E-state index is -0.887. The zero-order chi connectivity index (χ0) is 17.1. The van der Waals surface area contributed by atoms with Crippen molar-refractivity contribution in [3.05, 3.63) is 41.7 Å². The van der Waals surface area contributed by atoms with Gasteiger partial charge in [-0.25, -0.2) is 18.7 Å². The van der Waals surface area contributed by atoms with Crippen molar-refractivity contribution in [2.75, 3.05) is 42.9 Å². The molecule has 0 aliphatic carbocycles. The monoisotopic (exact) mass is 333 g/mol. The van der Waals surface area contributed by atoms with Crippen LogP contribution in [-0.4, -0.2) is 47.6 Å². The second-order valence-corrected chi connectivity index (χ2v) is 5.83. The molecule has 1 aromatic carbocycles. The third kappa shape index (κ3) is 3.79. The smallest absolute Gasteiger partial charge is 0.160 e. The van der Waals surface area contributed by atoms with Gasteiger partial charge in [0.05, 0.1) is 0 Å². The predicted octanol–water partition coefficient (Wildman–Crippen LogP) is 2.95. The van der Waals surface area contributed by atoms with Gasteiger partial charge in [-0.2, -0.15) is 0 Å². The average Bonchev–Trinajstić information content (AvgIpc) is 2.58. The molecule has 3 rings (SSSR count). The van der Waals surface area contributed by atoms with Crippen LogP contribution in [0.1, 0.15) is 12.7 Å². The van der Waals surface area contributed by atoms with E-state index in [1.165, 1.54) is 6.07 Å². The SMILES string of the molecule is CCN1CCN(c2cc(Nc3ccc(F)c(F)c3)nc(C)n2)CC1. The minimum Gasteiger partial charge on any atom is -0.354 e. The molecule has 1 N–H and O–H groups in total. The fraction of sp³-hybridized carbons (Fsp3) is 0.412. The molecule has 1 aliphatic heterocycles. The summed E-state index contributed by atoms with van der Waals surface area (Å²) >= 11 is 0. The van der Waals surface area contributed by atoms with Crippen LogP contribution >= 0.6 is 0 Å². The summed E-state index contributed by atoms with van der Waals surface area (Å²) in [5, 5.41) is 3.02. The van der Waals surface area contributed by atoms with Gasteiger partial charge in [-0.3, -0.25) is 0 Å². The summed E-state index contributed by atoms with van der Waals surface area (Å²) < 4.78 is 26.4. The number of piperazine rings is 1. The van der Waals surface area contributed by atoms with Gasteiger partial charge in [0.15, 0.2) is 11.6 Å². The Morgan fingerprint density at radius 3 is 2.46 bits per heavy atom. The number of aryl methyl sites for hydroxylation is 1.